The Hall–Kier alpha value is -0.930. The number of rotatable bonds is 2. The Labute approximate surface area is 85.8 Å². The monoisotopic (exact) mass is 210 g/mol. The molecule has 1 aromatic heterocycles. The molecule has 74 valence electrons. The van der Waals surface area contributed by atoms with Crippen LogP contribution in [0, 0.1) is 5.82 Å². The van der Waals surface area contributed by atoms with Crippen LogP contribution in [0.2, 0.25) is 0 Å². The van der Waals surface area contributed by atoms with Gasteiger partial charge in [0.15, 0.2) is 0 Å². The van der Waals surface area contributed by atoms with Crippen molar-refractivity contribution in [2.75, 3.05) is 0 Å². The van der Waals surface area contributed by atoms with Crippen molar-refractivity contribution in [1.29, 1.82) is 0 Å². The number of halogens is 1. The summed E-state index contributed by atoms with van der Waals surface area (Å²) in [5.41, 5.74) is 0. The summed E-state index contributed by atoms with van der Waals surface area (Å²) in [4.78, 5) is 0.910. The summed E-state index contributed by atoms with van der Waals surface area (Å²) in [6.07, 6.45) is 0.269. The summed E-state index contributed by atoms with van der Waals surface area (Å²) in [6.45, 7) is 1.93. The second-order valence-corrected chi connectivity index (χ2v) is 4.37. The second-order valence-electron chi connectivity index (χ2n) is 3.25. The third-order valence-electron chi connectivity index (χ3n) is 2.22. The summed E-state index contributed by atoms with van der Waals surface area (Å²) in [7, 11) is 0. The van der Waals surface area contributed by atoms with Crippen LogP contribution in [0.5, 0.6) is 0 Å². The standard InChI is InChI=1S/C11H11FOS/c1-2-9(13)11-5-7-3-4-8(12)6-10(7)14-11/h3-6,9,13H,2H2,1H3/t9-/m0/s1. The highest BCUT2D eigenvalue weighted by atomic mass is 32.1. The minimum absolute atomic E-state index is 0.225. The zero-order chi connectivity index (χ0) is 10.1. The van der Waals surface area contributed by atoms with E-state index >= 15 is 0 Å². The molecule has 1 N–H and O–H groups in total. The third-order valence-corrected chi connectivity index (χ3v) is 3.42. The maximum Gasteiger partial charge on any atom is 0.124 e. The van der Waals surface area contributed by atoms with Gasteiger partial charge in [-0.1, -0.05) is 13.0 Å². The molecule has 0 aliphatic carbocycles. The van der Waals surface area contributed by atoms with Crippen molar-refractivity contribution in [1.82, 2.24) is 0 Å². The number of hydrogen-bond acceptors (Lipinski definition) is 2. The molecule has 2 aromatic rings. The highest BCUT2D eigenvalue weighted by Gasteiger charge is 2.09. The van der Waals surface area contributed by atoms with E-state index in [1.54, 1.807) is 6.07 Å². The lowest BCUT2D eigenvalue weighted by Crippen LogP contribution is -1.89. The molecular weight excluding hydrogens is 199 g/mol. The summed E-state index contributed by atoms with van der Waals surface area (Å²) >= 11 is 1.45. The maximum absolute atomic E-state index is 12.9. The molecule has 0 saturated carbocycles. The van der Waals surface area contributed by atoms with Crippen LogP contribution in [-0.4, -0.2) is 5.11 Å². The first-order valence-electron chi connectivity index (χ1n) is 4.57. The molecule has 3 heteroatoms. The molecule has 0 radical (unpaired) electrons. The van der Waals surface area contributed by atoms with Crippen LogP contribution >= 0.6 is 11.3 Å². The van der Waals surface area contributed by atoms with E-state index in [0.717, 1.165) is 15.0 Å². The number of benzene rings is 1. The average molecular weight is 210 g/mol. The van der Waals surface area contributed by atoms with E-state index in [1.165, 1.54) is 23.5 Å². The van der Waals surface area contributed by atoms with E-state index < -0.39 is 6.10 Å². The number of aliphatic hydroxyl groups is 1. The molecule has 1 nitrogen and oxygen atoms in total. The Kier molecular flexibility index (Phi) is 2.52. The predicted molar refractivity (Wildman–Crippen MR) is 57.0 cm³/mol. The lowest BCUT2D eigenvalue weighted by Gasteiger charge is -2.01. The Bertz CT molecular complexity index is 449. The second kappa shape index (κ2) is 3.67. The van der Waals surface area contributed by atoms with Gasteiger partial charge in [-0.15, -0.1) is 11.3 Å². The molecule has 0 fully saturated rings. The quantitative estimate of drug-likeness (QED) is 0.804. The Balaban J connectivity index is 2.51. The van der Waals surface area contributed by atoms with Gasteiger partial charge in [0.25, 0.3) is 0 Å². The fraction of sp³-hybridized carbons (Fsp3) is 0.273. The van der Waals surface area contributed by atoms with Crippen LogP contribution < -0.4 is 0 Å². The third kappa shape index (κ3) is 1.65. The number of thiophene rings is 1. The Morgan fingerprint density at radius 1 is 1.43 bits per heavy atom. The van der Waals surface area contributed by atoms with E-state index in [0.29, 0.717) is 6.42 Å². The molecule has 0 bridgehead atoms. The van der Waals surface area contributed by atoms with Crippen LogP contribution in [0.3, 0.4) is 0 Å². The fourth-order valence-electron chi connectivity index (χ4n) is 1.39. The normalized spacial score (nSPS) is 13.4. The molecule has 14 heavy (non-hydrogen) atoms. The van der Waals surface area contributed by atoms with Gasteiger partial charge in [-0.05, 0) is 30.0 Å². The highest BCUT2D eigenvalue weighted by molar-refractivity contribution is 7.19. The molecule has 0 amide bonds. The van der Waals surface area contributed by atoms with E-state index in [9.17, 15) is 9.50 Å². The smallest absolute Gasteiger partial charge is 0.124 e. The number of hydrogen-bond donors (Lipinski definition) is 1. The zero-order valence-electron chi connectivity index (χ0n) is 7.83. The van der Waals surface area contributed by atoms with Crippen LogP contribution in [0.25, 0.3) is 10.1 Å². The van der Waals surface area contributed by atoms with Crippen LogP contribution in [0.15, 0.2) is 24.3 Å². The molecule has 1 atom stereocenters. The van der Waals surface area contributed by atoms with Crippen LogP contribution in [-0.2, 0) is 0 Å². The van der Waals surface area contributed by atoms with Crippen molar-refractivity contribution in [3.63, 3.8) is 0 Å². The van der Waals surface area contributed by atoms with Crippen LogP contribution in [0.4, 0.5) is 4.39 Å². The van der Waals surface area contributed by atoms with E-state index in [-0.39, 0.29) is 5.82 Å². The van der Waals surface area contributed by atoms with Gasteiger partial charge >= 0.3 is 0 Å². The molecule has 2 rings (SSSR count). The van der Waals surface area contributed by atoms with Crippen molar-refractivity contribution >= 4 is 21.4 Å². The lowest BCUT2D eigenvalue weighted by atomic mass is 10.2. The molecule has 0 unspecified atom stereocenters. The van der Waals surface area contributed by atoms with Gasteiger partial charge < -0.3 is 5.11 Å². The first-order valence-corrected chi connectivity index (χ1v) is 5.39. The van der Waals surface area contributed by atoms with Crippen molar-refractivity contribution in [3.05, 3.63) is 35.0 Å². The Morgan fingerprint density at radius 3 is 2.93 bits per heavy atom. The molecule has 0 spiro atoms. The number of aliphatic hydroxyl groups excluding tert-OH is 1. The first kappa shape index (κ1) is 9.62. The molecule has 1 aromatic carbocycles. The van der Waals surface area contributed by atoms with E-state index in [2.05, 4.69) is 0 Å². The van der Waals surface area contributed by atoms with E-state index in [4.69, 9.17) is 0 Å². The van der Waals surface area contributed by atoms with Crippen molar-refractivity contribution in [3.8, 4) is 0 Å². The van der Waals surface area contributed by atoms with Gasteiger partial charge in [0.2, 0.25) is 0 Å². The predicted octanol–water partition coefficient (Wildman–Crippen LogP) is 3.48. The number of fused-ring (bicyclic) bond motifs is 1. The Morgan fingerprint density at radius 2 is 2.21 bits per heavy atom. The molecule has 0 saturated heterocycles. The molecule has 1 heterocycles. The summed E-state index contributed by atoms with van der Waals surface area (Å²) < 4.78 is 13.8. The first-order chi connectivity index (χ1) is 6.70. The summed E-state index contributed by atoms with van der Waals surface area (Å²) in [6, 6.07) is 6.61. The van der Waals surface area contributed by atoms with Gasteiger partial charge in [-0.25, -0.2) is 4.39 Å². The summed E-state index contributed by atoms with van der Waals surface area (Å²) in [5, 5.41) is 10.6. The lowest BCUT2D eigenvalue weighted by molar-refractivity contribution is 0.177. The van der Waals surface area contributed by atoms with Gasteiger partial charge in [0.05, 0.1) is 6.10 Å². The average Bonchev–Trinajstić information content (AvgIpc) is 2.59. The SMILES string of the molecule is CC[C@H](O)c1cc2ccc(F)cc2s1. The minimum atomic E-state index is -0.421. The fourth-order valence-corrected chi connectivity index (χ4v) is 2.55. The molecule has 0 aliphatic rings. The van der Waals surface area contributed by atoms with Gasteiger partial charge in [-0.2, -0.15) is 0 Å². The summed E-state index contributed by atoms with van der Waals surface area (Å²) in [5.74, 6) is -0.225. The zero-order valence-corrected chi connectivity index (χ0v) is 8.64. The maximum atomic E-state index is 12.9. The van der Waals surface area contributed by atoms with Crippen LogP contribution in [0.1, 0.15) is 24.3 Å². The van der Waals surface area contributed by atoms with Crippen molar-refractivity contribution in [2.24, 2.45) is 0 Å². The van der Waals surface area contributed by atoms with Gasteiger partial charge in [0.1, 0.15) is 5.82 Å². The van der Waals surface area contributed by atoms with Gasteiger partial charge in [0, 0.05) is 9.58 Å². The van der Waals surface area contributed by atoms with Crippen molar-refractivity contribution in [2.45, 2.75) is 19.4 Å². The van der Waals surface area contributed by atoms with Gasteiger partial charge in [-0.3, -0.25) is 0 Å². The van der Waals surface area contributed by atoms with E-state index in [1.807, 2.05) is 13.0 Å². The minimum Gasteiger partial charge on any atom is -0.388 e. The molecule has 0 aliphatic heterocycles. The topological polar surface area (TPSA) is 20.2 Å². The molecular formula is C11H11FOS. The van der Waals surface area contributed by atoms with Crippen molar-refractivity contribution < 1.29 is 9.50 Å². The largest absolute Gasteiger partial charge is 0.388 e. The highest BCUT2D eigenvalue weighted by Crippen LogP contribution is 2.31.